The molecule has 0 saturated heterocycles. The van der Waals surface area contributed by atoms with Crippen LogP contribution in [0.4, 0.5) is 13.2 Å². The van der Waals surface area contributed by atoms with E-state index in [9.17, 15) is 17.7 Å². The molecule has 2 atom stereocenters. The normalized spacial score (nSPS) is 17.8. The molecular formula is C27H21F3N5O2P. The van der Waals surface area contributed by atoms with Gasteiger partial charge in [-0.15, -0.1) is 0 Å². The van der Waals surface area contributed by atoms with Crippen LogP contribution in [0.2, 0.25) is 0 Å². The van der Waals surface area contributed by atoms with Crippen molar-refractivity contribution in [1.29, 1.82) is 0 Å². The van der Waals surface area contributed by atoms with Crippen LogP contribution in [-0.2, 0) is 4.57 Å². The lowest BCUT2D eigenvalue weighted by Crippen LogP contribution is -2.14. The standard InChI is InChI=1S/C27H21F3N5O2P/c1-38(2,36)23-9-7-14(10-17(23)28)15-6-8-18-19(11-15)34-20-12-21(26(34)33-18)35-25(31-13-32-35)16-4-3-5-22(24(16)20)37-27(29)30/h3-11,13,20-21,27H,12H2,1-2H3/t20-,21-/m0/s1. The maximum absolute atomic E-state index is 14.9. The van der Waals surface area contributed by atoms with Gasteiger partial charge < -0.3 is 13.9 Å². The first kappa shape index (κ1) is 23.2. The fraction of sp³-hybridized carbons (Fsp3) is 0.222. The van der Waals surface area contributed by atoms with E-state index < -0.39 is 19.6 Å². The zero-order chi connectivity index (χ0) is 26.3. The monoisotopic (exact) mass is 535 g/mol. The molecule has 38 heavy (non-hydrogen) atoms. The Labute approximate surface area is 215 Å². The van der Waals surface area contributed by atoms with E-state index >= 15 is 0 Å². The SMILES string of the molecule is CP(C)(=O)c1ccc(-c2ccc3nc4n(c3c2)[C@H]2C[C@@H]4n3ncnc3-c3cccc(OC(F)F)c32)cc1F. The van der Waals surface area contributed by atoms with Crippen molar-refractivity contribution in [3.05, 3.63) is 78.1 Å². The van der Waals surface area contributed by atoms with Crippen LogP contribution < -0.4 is 10.0 Å². The van der Waals surface area contributed by atoms with Crippen molar-refractivity contribution in [2.45, 2.75) is 25.1 Å². The number of hydrogen-bond acceptors (Lipinski definition) is 5. The fourth-order valence-corrected chi connectivity index (χ4v) is 6.82. The molecule has 7 nitrogen and oxygen atoms in total. The second-order valence-electron chi connectivity index (χ2n) is 9.95. The second-order valence-corrected chi connectivity index (χ2v) is 13.1. The van der Waals surface area contributed by atoms with E-state index in [1.54, 1.807) is 28.9 Å². The second kappa shape index (κ2) is 8.04. The summed E-state index contributed by atoms with van der Waals surface area (Å²) in [6, 6.07) is 14.8. The molecule has 0 saturated carbocycles. The van der Waals surface area contributed by atoms with Crippen molar-refractivity contribution in [1.82, 2.24) is 24.3 Å². The van der Waals surface area contributed by atoms with E-state index in [2.05, 4.69) is 10.1 Å². The highest BCUT2D eigenvalue weighted by atomic mass is 31.2. The van der Waals surface area contributed by atoms with Gasteiger partial charge in [0.05, 0.1) is 17.1 Å². The van der Waals surface area contributed by atoms with Crippen LogP contribution in [0.1, 0.15) is 29.9 Å². The third kappa shape index (κ3) is 3.36. The van der Waals surface area contributed by atoms with Gasteiger partial charge in [0.15, 0.2) is 5.82 Å². The number of nitrogens with zero attached hydrogens (tertiary/aromatic N) is 5. The lowest BCUT2D eigenvalue weighted by Gasteiger charge is -2.21. The number of imidazole rings is 1. The summed E-state index contributed by atoms with van der Waals surface area (Å²) in [4.78, 5) is 9.32. The summed E-state index contributed by atoms with van der Waals surface area (Å²) in [6.07, 6.45) is 1.99. The molecule has 3 aromatic carbocycles. The predicted octanol–water partition coefficient (Wildman–Crippen LogP) is 5.85. The predicted molar refractivity (Wildman–Crippen MR) is 137 cm³/mol. The van der Waals surface area contributed by atoms with E-state index in [1.807, 2.05) is 28.8 Å². The molecule has 0 amide bonds. The molecule has 0 spiro atoms. The Kier molecular flexibility index (Phi) is 4.92. The lowest BCUT2D eigenvalue weighted by molar-refractivity contribution is -0.0506. The van der Waals surface area contributed by atoms with Crippen LogP contribution in [0.5, 0.6) is 5.75 Å². The summed E-state index contributed by atoms with van der Waals surface area (Å²) in [5, 5.41) is 4.67. The van der Waals surface area contributed by atoms with Gasteiger partial charge in [-0.05, 0) is 54.8 Å². The molecule has 7 rings (SSSR count). The summed E-state index contributed by atoms with van der Waals surface area (Å²) in [7, 11) is -2.76. The minimum atomic E-state index is -2.98. The van der Waals surface area contributed by atoms with Crippen LogP contribution in [-0.4, -0.2) is 44.3 Å². The summed E-state index contributed by atoms with van der Waals surface area (Å²) >= 11 is 0. The number of rotatable bonds is 4. The molecular weight excluding hydrogens is 514 g/mol. The van der Waals surface area contributed by atoms with Crippen LogP contribution >= 0.6 is 7.14 Å². The Balaban J connectivity index is 1.44. The maximum Gasteiger partial charge on any atom is 0.387 e. The summed E-state index contributed by atoms with van der Waals surface area (Å²) in [5.41, 5.74) is 4.18. The average molecular weight is 535 g/mol. The van der Waals surface area contributed by atoms with Gasteiger partial charge >= 0.3 is 6.61 Å². The fourth-order valence-electron chi connectivity index (χ4n) is 5.81. The number of alkyl halides is 2. The molecule has 0 aliphatic carbocycles. The minimum Gasteiger partial charge on any atom is -0.434 e. The number of aromatic nitrogens is 5. The van der Waals surface area contributed by atoms with E-state index in [0.29, 0.717) is 28.9 Å². The van der Waals surface area contributed by atoms with Crippen molar-refractivity contribution in [2.24, 2.45) is 0 Å². The highest BCUT2D eigenvalue weighted by Gasteiger charge is 2.43. The zero-order valence-corrected chi connectivity index (χ0v) is 21.2. The molecule has 2 aliphatic rings. The first-order chi connectivity index (χ1) is 18.2. The largest absolute Gasteiger partial charge is 0.434 e. The van der Waals surface area contributed by atoms with Crippen molar-refractivity contribution < 1.29 is 22.5 Å². The Morgan fingerprint density at radius 1 is 1.05 bits per heavy atom. The Hall–Kier alpha value is -3.91. The van der Waals surface area contributed by atoms with Crippen LogP contribution in [0.15, 0.2) is 60.9 Å². The van der Waals surface area contributed by atoms with Gasteiger partial charge in [-0.3, -0.25) is 0 Å². The number of halogens is 3. The van der Waals surface area contributed by atoms with Crippen molar-refractivity contribution in [2.75, 3.05) is 13.3 Å². The number of fused-ring (bicyclic) bond motifs is 6. The smallest absolute Gasteiger partial charge is 0.387 e. The summed E-state index contributed by atoms with van der Waals surface area (Å²) in [6.45, 7) is 0.0971. The van der Waals surface area contributed by atoms with Crippen LogP contribution in [0.25, 0.3) is 33.5 Å². The first-order valence-corrected chi connectivity index (χ1v) is 14.7. The molecule has 2 aromatic heterocycles. The van der Waals surface area contributed by atoms with E-state index in [0.717, 1.165) is 22.4 Å². The van der Waals surface area contributed by atoms with Crippen molar-refractivity contribution in [3.8, 4) is 28.3 Å². The molecule has 0 N–H and O–H groups in total. The van der Waals surface area contributed by atoms with Crippen molar-refractivity contribution in [3.63, 3.8) is 0 Å². The molecule has 2 aliphatic heterocycles. The maximum atomic E-state index is 14.9. The van der Waals surface area contributed by atoms with Crippen LogP contribution in [0, 0.1) is 5.82 Å². The first-order valence-electron chi connectivity index (χ1n) is 12.1. The lowest BCUT2D eigenvalue weighted by atomic mass is 9.97. The number of ether oxygens (including phenoxy) is 1. The quantitative estimate of drug-likeness (QED) is 0.270. The van der Waals surface area contributed by atoms with Gasteiger partial charge in [-0.25, -0.2) is 19.0 Å². The molecule has 5 aromatic rings. The molecule has 4 heterocycles. The highest BCUT2D eigenvalue weighted by molar-refractivity contribution is 7.70. The molecule has 192 valence electrons. The van der Waals surface area contributed by atoms with Crippen molar-refractivity contribution >= 4 is 23.5 Å². The molecule has 11 heteroatoms. The summed E-state index contributed by atoms with van der Waals surface area (Å²) in [5.74, 6) is 0.893. The highest BCUT2D eigenvalue weighted by Crippen LogP contribution is 2.51. The third-order valence-electron chi connectivity index (χ3n) is 7.36. The van der Waals surface area contributed by atoms with Crippen LogP contribution in [0.3, 0.4) is 0 Å². The Morgan fingerprint density at radius 3 is 2.61 bits per heavy atom. The minimum absolute atomic E-state index is 0.0878. The Bertz CT molecular complexity index is 1810. The van der Waals surface area contributed by atoms with E-state index in [-0.39, 0.29) is 23.1 Å². The molecule has 0 unspecified atom stereocenters. The van der Waals surface area contributed by atoms with Gasteiger partial charge in [0.1, 0.15) is 36.9 Å². The third-order valence-corrected chi connectivity index (χ3v) is 8.88. The molecule has 0 fully saturated rings. The average Bonchev–Trinajstić information content (AvgIpc) is 3.54. The van der Waals surface area contributed by atoms with Gasteiger partial charge in [0.25, 0.3) is 0 Å². The molecule has 2 bridgehead atoms. The van der Waals surface area contributed by atoms with Gasteiger partial charge in [0.2, 0.25) is 0 Å². The van der Waals surface area contributed by atoms with Gasteiger partial charge in [-0.2, -0.15) is 13.9 Å². The molecule has 0 radical (unpaired) electrons. The topological polar surface area (TPSA) is 74.8 Å². The number of benzene rings is 3. The van der Waals surface area contributed by atoms with E-state index in [1.165, 1.54) is 25.7 Å². The zero-order valence-electron chi connectivity index (χ0n) is 20.3. The van der Waals surface area contributed by atoms with E-state index in [4.69, 9.17) is 9.72 Å². The van der Waals surface area contributed by atoms with Gasteiger partial charge in [0, 0.05) is 22.9 Å². The Morgan fingerprint density at radius 2 is 1.84 bits per heavy atom. The van der Waals surface area contributed by atoms with Gasteiger partial charge in [-0.1, -0.05) is 24.3 Å². The number of hydrogen-bond donors (Lipinski definition) is 0. The summed E-state index contributed by atoms with van der Waals surface area (Å²) < 4.78 is 62.9.